The lowest BCUT2D eigenvalue weighted by molar-refractivity contribution is 0.429. The first-order valence-corrected chi connectivity index (χ1v) is 9.87. The highest BCUT2D eigenvalue weighted by atomic mass is 16.1. The summed E-state index contributed by atoms with van der Waals surface area (Å²) in [6.45, 7) is 0.971. The monoisotopic (exact) mass is 370 g/mol. The third-order valence-electron chi connectivity index (χ3n) is 5.68. The molecule has 0 amide bonds. The first-order valence-electron chi connectivity index (χ1n) is 9.87. The predicted molar refractivity (Wildman–Crippen MR) is 111 cm³/mol. The average Bonchev–Trinajstić information content (AvgIpc) is 3.40. The second-order valence-electron chi connectivity index (χ2n) is 7.62. The quantitative estimate of drug-likeness (QED) is 0.569. The molecule has 5 heteroatoms. The average molecular weight is 370 g/mol. The minimum Gasteiger partial charge on any atom is -0.321 e. The van der Waals surface area contributed by atoms with Crippen molar-refractivity contribution in [1.29, 1.82) is 0 Å². The van der Waals surface area contributed by atoms with Crippen LogP contribution in [0.2, 0.25) is 0 Å². The van der Waals surface area contributed by atoms with E-state index in [1.807, 2.05) is 47.3 Å². The van der Waals surface area contributed by atoms with Crippen molar-refractivity contribution < 1.29 is 0 Å². The van der Waals surface area contributed by atoms with Crippen LogP contribution in [0.15, 0.2) is 65.8 Å². The van der Waals surface area contributed by atoms with Crippen LogP contribution in [0.1, 0.15) is 25.7 Å². The third-order valence-corrected chi connectivity index (χ3v) is 5.68. The molecule has 3 heterocycles. The molecule has 1 aliphatic carbocycles. The highest BCUT2D eigenvalue weighted by molar-refractivity contribution is 5.87. The number of aromatic amines is 1. The van der Waals surface area contributed by atoms with E-state index >= 15 is 0 Å². The van der Waals surface area contributed by atoms with Gasteiger partial charge >= 0.3 is 0 Å². The number of nitrogens with one attached hydrogen (secondary N) is 1. The van der Waals surface area contributed by atoms with E-state index in [0.29, 0.717) is 0 Å². The number of hydrogen-bond donors (Lipinski definition) is 1. The summed E-state index contributed by atoms with van der Waals surface area (Å²) < 4.78 is 2.04. The Morgan fingerprint density at radius 2 is 1.96 bits per heavy atom. The van der Waals surface area contributed by atoms with Crippen LogP contribution in [0, 0.1) is 5.92 Å². The SMILES string of the molecule is O=c1ccc(-c2cnn(CC3CCCC3)c2)c(-c2ccc3cccnc3c2)[nH]1. The molecule has 1 aromatic carbocycles. The fourth-order valence-corrected chi connectivity index (χ4v) is 4.22. The minimum absolute atomic E-state index is 0.113. The molecule has 0 saturated heterocycles. The number of H-pyrrole nitrogens is 1. The van der Waals surface area contributed by atoms with Gasteiger partial charge in [-0.25, -0.2) is 0 Å². The summed E-state index contributed by atoms with van der Waals surface area (Å²) in [5.41, 5.74) is 4.55. The summed E-state index contributed by atoms with van der Waals surface area (Å²) in [5.74, 6) is 0.731. The van der Waals surface area contributed by atoms with Crippen LogP contribution in [0.3, 0.4) is 0 Å². The number of rotatable bonds is 4. The van der Waals surface area contributed by atoms with Gasteiger partial charge in [-0.05, 0) is 37.0 Å². The standard InChI is InChI=1S/C23H22N4O/c28-22-10-9-20(19-13-25-27(15-19)14-16-4-1-2-5-16)23(26-22)18-8-7-17-6-3-11-24-21(17)12-18/h3,6-13,15-16H,1-2,4-5,14H2,(H,26,28). The zero-order chi connectivity index (χ0) is 18.9. The van der Waals surface area contributed by atoms with Crippen molar-refractivity contribution in [3.05, 3.63) is 71.4 Å². The molecule has 0 bridgehead atoms. The van der Waals surface area contributed by atoms with Gasteiger partial charge in [-0.3, -0.25) is 14.5 Å². The first-order chi connectivity index (χ1) is 13.8. The largest absolute Gasteiger partial charge is 0.321 e. The molecule has 0 spiro atoms. The molecule has 5 rings (SSSR count). The number of nitrogens with zero attached hydrogens (tertiary/aromatic N) is 3. The van der Waals surface area contributed by atoms with E-state index in [0.717, 1.165) is 45.7 Å². The Labute approximate surface area is 163 Å². The molecule has 5 nitrogen and oxygen atoms in total. The maximum absolute atomic E-state index is 12.1. The van der Waals surface area contributed by atoms with Crippen LogP contribution in [0.4, 0.5) is 0 Å². The van der Waals surface area contributed by atoms with Crippen LogP contribution >= 0.6 is 0 Å². The topological polar surface area (TPSA) is 63.6 Å². The molecule has 140 valence electrons. The van der Waals surface area contributed by atoms with E-state index in [1.54, 1.807) is 12.3 Å². The van der Waals surface area contributed by atoms with Crippen molar-refractivity contribution in [3.63, 3.8) is 0 Å². The smallest absolute Gasteiger partial charge is 0.248 e. The summed E-state index contributed by atoms with van der Waals surface area (Å²) in [6, 6.07) is 13.5. The molecule has 3 aromatic heterocycles. The van der Waals surface area contributed by atoms with Gasteiger partial charge in [-0.15, -0.1) is 0 Å². The van der Waals surface area contributed by atoms with Crippen molar-refractivity contribution in [2.45, 2.75) is 32.2 Å². The minimum atomic E-state index is -0.113. The first kappa shape index (κ1) is 16.9. The molecule has 0 radical (unpaired) electrons. The number of pyridine rings is 2. The van der Waals surface area contributed by atoms with Gasteiger partial charge < -0.3 is 4.98 Å². The Morgan fingerprint density at radius 1 is 1.07 bits per heavy atom. The van der Waals surface area contributed by atoms with Crippen LogP contribution < -0.4 is 5.56 Å². The molecular formula is C23H22N4O. The molecular weight excluding hydrogens is 348 g/mol. The summed E-state index contributed by atoms with van der Waals surface area (Å²) in [4.78, 5) is 19.5. The van der Waals surface area contributed by atoms with Gasteiger partial charge in [-0.1, -0.05) is 31.0 Å². The van der Waals surface area contributed by atoms with Gasteiger partial charge in [0.05, 0.1) is 17.4 Å². The fraction of sp³-hybridized carbons (Fsp3) is 0.261. The Morgan fingerprint density at radius 3 is 2.86 bits per heavy atom. The van der Waals surface area contributed by atoms with Gasteiger partial charge in [0.2, 0.25) is 5.56 Å². The molecule has 1 aliphatic rings. The zero-order valence-electron chi connectivity index (χ0n) is 15.6. The van der Waals surface area contributed by atoms with Crippen molar-refractivity contribution in [2.75, 3.05) is 0 Å². The maximum atomic E-state index is 12.1. The Balaban J connectivity index is 1.55. The molecule has 0 aliphatic heterocycles. The second kappa shape index (κ2) is 7.08. The van der Waals surface area contributed by atoms with Crippen molar-refractivity contribution in [3.8, 4) is 22.4 Å². The number of benzene rings is 1. The highest BCUT2D eigenvalue weighted by Crippen LogP contribution is 2.31. The summed E-state index contributed by atoms with van der Waals surface area (Å²) >= 11 is 0. The van der Waals surface area contributed by atoms with Gasteiger partial charge in [0.1, 0.15) is 0 Å². The number of hydrogen-bond acceptors (Lipinski definition) is 3. The van der Waals surface area contributed by atoms with Crippen molar-refractivity contribution >= 4 is 10.9 Å². The van der Waals surface area contributed by atoms with Crippen LogP contribution in [-0.2, 0) is 6.54 Å². The molecule has 1 saturated carbocycles. The van der Waals surface area contributed by atoms with E-state index in [2.05, 4.69) is 21.3 Å². The van der Waals surface area contributed by atoms with Gasteiger partial charge in [0.15, 0.2) is 0 Å². The van der Waals surface area contributed by atoms with Crippen molar-refractivity contribution in [1.82, 2.24) is 19.7 Å². The maximum Gasteiger partial charge on any atom is 0.248 e. The summed E-state index contributed by atoms with van der Waals surface area (Å²) in [5, 5.41) is 5.65. The summed E-state index contributed by atoms with van der Waals surface area (Å²) in [6.07, 6.45) is 11.0. The molecule has 1 N–H and O–H groups in total. The number of fused-ring (bicyclic) bond motifs is 1. The van der Waals surface area contributed by atoms with Crippen LogP contribution in [0.25, 0.3) is 33.3 Å². The lowest BCUT2D eigenvalue weighted by Crippen LogP contribution is -2.07. The van der Waals surface area contributed by atoms with Crippen LogP contribution in [-0.4, -0.2) is 19.7 Å². The molecule has 1 fully saturated rings. The van der Waals surface area contributed by atoms with Gasteiger partial charge in [0, 0.05) is 47.1 Å². The molecule has 0 atom stereocenters. The van der Waals surface area contributed by atoms with E-state index in [-0.39, 0.29) is 5.56 Å². The third kappa shape index (κ3) is 3.24. The van der Waals surface area contributed by atoms with E-state index < -0.39 is 0 Å². The predicted octanol–water partition coefficient (Wildman–Crippen LogP) is 4.64. The van der Waals surface area contributed by atoms with Crippen molar-refractivity contribution in [2.24, 2.45) is 5.92 Å². The molecule has 28 heavy (non-hydrogen) atoms. The zero-order valence-corrected chi connectivity index (χ0v) is 15.6. The lowest BCUT2D eigenvalue weighted by atomic mass is 10.0. The van der Waals surface area contributed by atoms with E-state index in [1.165, 1.54) is 25.7 Å². The van der Waals surface area contributed by atoms with E-state index in [9.17, 15) is 4.79 Å². The van der Waals surface area contributed by atoms with E-state index in [4.69, 9.17) is 0 Å². The number of aromatic nitrogens is 4. The van der Waals surface area contributed by atoms with Gasteiger partial charge in [0.25, 0.3) is 0 Å². The van der Waals surface area contributed by atoms with Gasteiger partial charge in [-0.2, -0.15) is 5.10 Å². The Kier molecular flexibility index (Phi) is 4.28. The highest BCUT2D eigenvalue weighted by Gasteiger charge is 2.17. The Bertz CT molecular complexity index is 1180. The lowest BCUT2D eigenvalue weighted by Gasteiger charge is -2.10. The molecule has 4 aromatic rings. The normalized spacial score (nSPS) is 14.7. The summed E-state index contributed by atoms with van der Waals surface area (Å²) in [7, 11) is 0. The second-order valence-corrected chi connectivity index (χ2v) is 7.62. The van der Waals surface area contributed by atoms with Crippen LogP contribution in [0.5, 0.6) is 0 Å². The Hall–Kier alpha value is -3.21. The molecule has 0 unspecified atom stereocenters. The fourth-order valence-electron chi connectivity index (χ4n) is 4.22.